The van der Waals surface area contributed by atoms with Crippen LogP contribution in [0.2, 0.25) is 0 Å². The van der Waals surface area contributed by atoms with Crippen LogP contribution in [-0.4, -0.2) is 74.2 Å². The SMILES string of the molecule is CCOC(=O)[C@@H]1CCCCN1[C@@H]1CCC(=O)N(CCS(=O)(=O)c2ccccc2)CC1. The first-order valence-electron chi connectivity index (χ1n) is 10.9. The first kappa shape index (κ1) is 22.7. The molecule has 0 radical (unpaired) electrons. The van der Waals surface area contributed by atoms with Crippen LogP contribution < -0.4 is 0 Å². The van der Waals surface area contributed by atoms with Gasteiger partial charge >= 0.3 is 5.97 Å². The van der Waals surface area contributed by atoms with Crippen molar-refractivity contribution in [2.24, 2.45) is 0 Å². The number of ether oxygens (including phenoxy) is 1. The zero-order chi connectivity index (χ0) is 21.6. The second-order valence-corrected chi connectivity index (χ2v) is 10.1. The van der Waals surface area contributed by atoms with E-state index in [0.717, 1.165) is 32.2 Å². The van der Waals surface area contributed by atoms with Crippen LogP contribution in [0.4, 0.5) is 0 Å². The molecule has 0 aromatic heterocycles. The van der Waals surface area contributed by atoms with Crippen LogP contribution in [0.15, 0.2) is 35.2 Å². The van der Waals surface area contributed by atoms with Crippen molar-refractivity contribution < 1.29 is 22.7 Å². The Balaban J connectivity index is 1.61. The minimum Gasteiger partial charge on any atom is -0.465 e. The molecule has 8 heteroatoms. The number of nitrogens with zero attached hydrogens (tertiary/aromatic N) is 2. The van der Waals surface area contributed by atoms with Crippen LogP contribution in [0.3, 0.4) is 0 Å². The molecule has 0 unspecified atom stereocenters. The molecule has 0 bridgehead atoms. The summed E-state index contributed by atoms with van der Waals surface area (Å²) >= 11 is 0. The summed E-state index contributed by atoms with van der Waals surface area (Å²) in [6.45, 7) is 3.74. The lowest BCUT2D eigenvalue weighted by molar-refractivity contribution is -0.152. The van der Waals surface area contributed by atoms with Crippen LogP contribution in [0.25, 0.3) is 0 Å². The van der Waals surface area contributed by atoms with E-state index < -0.39 is 9.84 Å². The number of rotatable bonds is 7. The highest BCUT2D eigenvalue weighted by atomic mass is 32.2. The number of carbonyl (C=O) groups is 2. The van der Waals surface area contributed by atoms with Gasteiger partial charge in [0.1, 0.15) is 6.04 Å². The third kappa shape index (κ3) is 5.60. The van der Waals surface area contributed by atoms with E-state index >= 15 is 0 Å². The molecular formula is C22H32N2O5S. The van der Waals surface area contributed by atoms with Crippen LogP contribution in [0.5, 0.6) is 0 Å². The second kappa shape index (κ2) is 10.4. The van der Waals surface area contributed by atoms with Crippen LogP contribution in [0, 0.1) is 0 Å². The fourth-order valence-electron chi connectivity index (χ4n) is 4.45. The number of amides is 1. The lowest BCUT2D eigenvalue weighted by Crippen LogP contribution is -2.51. The zero-order valence-corrected chi connectivity index (χ0v) is 18.5. The number of esters is 1. The number of benzene rings is 1. The largest absolute Gasteiger partial charge is 0.465 e. The third-order valence-electron chi connectivity index (χ3n) is 6.08. The third-order valence-corrected chi connectivity index (χ3v) is 7.79. The molecule has 2 atom stereocenters. The first-order chi connectivity index (χ1) is 14.4. The van der Waals surface area contributed by atoms with E-state index in [4.69, 9.17) is 4.74 Å². The molecule has 2 heterocycles. The number of carbonyl (C=O) groups excluding carboxylic acids is 2. The first-order valence-corrected chi connectivity index (χ1v) is 12.6. The number of likely N-dealkylation sites (tertiary alicyclic amines) is 2. The van der Waals surface area contributed by atoms with E-state index in [9.17, 15) is 18.0 Å². The van der Waals surface area contributed by atoms with Crippen molar-refractivity contribution in [2.45, 2.75) is 62.4 Å². The lowest BCUT2D eigenvalue weighted by atomic mass is 9.96. The van der Waals surface area contributed by atoms with E-state index in [0.29, 0.717) is 26.0 Å². The smallest absolute Gasteiger partial charge is 0.323 e. The van der Waals surface area contributed by atoms with E-state index in [1.54, 1.807) is 35.2 Å². The Morgan fingerprint density at radius 3 is 2.60 bits per heavy atom. The molecule has 0 aliphatic carbocycles. The molecule has 2 aliphatic rings. The number of hydrogen-bond donors (Lipinski definition) is 0. The molecule has 30 heavy (non-hydrogen) atoms. The molecule has 0 spiro atoms. The summed E-state index contributed by atoms with van der Waals surface area (Å²) in [5.41, 5.74) is 0. The predicted molar refractivity (Wildman–Crippen MR) is 114 cm³/mol. The molecule has 7 nitrogen and oxygen atoms in total. The van der Waals surface area contributed by atoms with Crippen molar-refractivity contribution in [1.29, 1.82) is 0 Å². The van der Waals surface area contributed by atoms with E-state index in [1.165, 1.54) is 0 Å². The van der Waals surface area contributed by atoms with Gasteiger partial charge in [-0.3, -0.25) is 14.5 Å². The Morgan fingerprint density at radius 2 is 1.87 bits per heavy atom. The summed E-state index contributed by atoms with van der Waals surface area (Å²) in [6, 6.07) is 8.26. The van der Waals surface area contributed by atoms with E-state index in [-0.39, 0.29) is 41.2 Å². The Labute approximate surface area is 179 Å². The predicted octanol–water partition coefficient (Wildman–Crippen LogP) is 2.26. The second-order valence-electron chi connectivity index (χ2n) is 8.00. The van der Waals surface area contributed by atoms with Crippen molar-refractivity contribution in [1.82, 2.24) is 9.80 Å². The molecule has 2 fully saturated rings. The Morgan fingerprint density at radius 1 is 1.10 bits per heavy atom. The highest BCUT2D eigenvalue weighted by molar-refractivity contribution is 7.91. The van der Waals surface area contributed by atoms with Gasteiger partial charge < -0.3 is 9.64 Å². The van der Waals surface area contributed by atoms with Gasteiger partial charge in [0.25, 0.3) is 0 Å². The normalized spacial score (nSPS) is 23.8. The fraction of sp³-hybridized carbons (Fsp3) is 0.636. The summed E-state index contributed by atoms with van der Waals surface area (Å²) in [7, 11) is -3.42. The molecule has 1 amide bonds. The van der Waals surface area contributed by atoms with Crippen molar-refractivity contribution in [2.75, 3.05) is 32.0 Å². The average Bonchev–Trinajstić information content (AvgIpc) is 2.94. The van der Waals surface area contributed by atoms with Gasteiger partial charge in [-0.05, 0) is 51.3 Å². The summed E-state index contributed by atoms with van der Waals surface area (Å²) in [5.74, 6) is -0.258. The maximum atomic E-state index is 12.6. The summed E-state index contributed by atoms with van der Waals surface area (Å²) in [4.78, 5) is 29.2. The molecule has 2 aliphatic heterocycles. The zero-order valence-electron chi connectivity index (χ0n) is 17.7. The Bertz CT molecular complexity index is 827. The van der Waals surface area contributed by atoms with Gasteiger partial charge in [0.05, 0.1) is 17.3 Å². The van der Waals surface area contributed by atoms with Gasteiger partial charge in [-0.1, -0.05) is 24.6 Å². The number of hydrogen-bond acceptors (Lipinski definition) is 6. The van der Waals surface area contributed by atoms with Gasteiger partial charge in [0.2, 0.25) is 5.91 Å². The van der Waals surface area contributed by atoms with Crippen LogP contribution >= 0.6 is 0 Å². The van der Waals surface area contributed by atoms with Crippen molar-refractivity contribution in [3.63, 3.8) is 0 Å². The molecule has 0 saturated carbocycles. The summed E-state index contributed by atoms with van der Waals surface area (Å²) in [6.07, 6.45) is 4.66. The number of piperidine rings is 1. The monoisotopic (exact) mass is 436 g/mol. The highest BCUT2D eigenvalue weighted by Crippen LogP contribution is 2.26. The van der Waals surface area contributed by atoms with Crippen LogP contribution in [-0.2, 0) is 24.2 Å². The minimum absolute atomic E-state index is 0.00884. The molecular weight excluding hydrogens is 404 g/mol. The van der Waals surface area contributed by atoms with Gasteiger partial charge in [-0.25, -0.2) is 8.42 Å². The maximum Gasteiger partial charge on any atom is 0.323 e. The quantitative estimate of drug-likeness (QED) is 0.610. The minimum atomic E-state index is -3.42. The van der Waals surface area contributed by atoms with Gasteiger partial charge in [0, 0.05) is 25.6 Å². The lowest BCUT2D eigenvalue weighted by Gasteiger charge is -2.39. The average molecular weight is 437 g/mol. The van der Waals surface area contributed by atoms with E-state index in [1.807, 2.05) is 6.92 Å². The summed E-state index contributed by atoms with van der Waals surface area (Å²) < 4.78 is 30.4. The van der Waals surface area contributed by atoms with Gasteiger partial charge in [0.15, 0.2) is 9.84 Å². The van der Waals surface area contributed by atoms with Crippen molar-refractivity contribution in [3.8, 4) is 0 Å². The molecule has 0 N–H and O–H groups in total. The standard InChI is InChI=1S/C22H32N2O5S/c1-2-29-22(26)20-10-6-7-14-24(20)18-11-12-21(25)23(15-13-18)16-17-30(27,28)19-8-4-3-5-9-19/h3-5,8-9,18,20H,2,6-7,10-17H2,1H3/t18-,20+/m1/s1. The molecule has 166 valence electrons. The Hall–Kier alpha value is -1.93. The summed E-state index contributed by atoms with van der Waals surface area (Å²) in [5, 5.41) is 0. The molecule has 3 rings (SSSR count). The molecule has 2 saturated heterocycles. The van der Waals surface area contributed by atoms with Crippen molar-refractivity contribution in [3.05, 3.63) is 30.3 Å². The maximum absolute atomic E-state index is 12.6. The van der Waals surface area contributed by atoms with Gasteiger partial charge in [-0.15, -0.1) is 0 Å². The van der Waals surface area contributed by atoms with Gasteiger partial charge in [-0.2, -0.15) is 0 Å². The molecule has 1 aromatic rings. The Kier molecular flexibility index (Phi) is 7.88. The van der Waals surface area contributed by atoms with Crippen LogP contribution in [0.1, 0.15) is 45.4 Å². The van der Waals surface area contributed by atoms with E-state index in [2.05, 4.69) is 4.90 Å². The number of sulfone groups is 1. The topological polar surface area (TPSA) is 84.0 Å². The highest BCUT2D eigenvalue weighted by Gasteiger charge is 2.36. The fourth-order valence-corrected chi connectivity index (χ4v) is 5.72. The molecule has 1 aromatic carbocycles. The van der Waals surface area contributed by atoms with Crippen molar-refractivity contribution >= 4 is 21.7 Å².